The van der Waals surface area contributed by atoms with Gasteiger partial charge in [0.15, 0.2) is 13.2 Å². The Morgan fingerprint density at radius 1 is 1.14 bits per heavy atom. The second-order valence-corrected chi connectivity index (χ2v) is 6.03. The molecule has 0 fully saturated rings. The van der Waals surface area contributed by atoms with Crippen molar-refractivity contribution in [2.45, 2.75) is 12.6 Å². The van der Waals surface area contributed by atoms with E-state index < -0.39 is 12.8 Å². The lowest BCUT2D eigenvalue weighted by Crippen LogP contribution is -2.40. The molecule has 9 heteroatoms. The maximum absolute atomic E-state index is 12.2. The van der Waals surface area contributed by atoms with Crippen molar-refractivity contribution in [2.75, 3.05) is 30.0 Å². The molecule has 0 bridgehead atoms. The first-order valence-electron chi connectivity index (χ1n) is 8.43. The molecule has 0 unspecified atom stereocenters. The zero-order chi connectivity index (χ0) is 20.1. The van der Waals surface area contributed by atoms with E-state index in [0.717, 1.165) is 0 Å². The topological polar surface area (TPSA) is 67.9 Å². The summed E-state index contributed by atoms with van der Waals surface area (Å²) >= 11 is 0. The number of carbonyl (C=O) groups is 2. The predicted molar refractivity (Wildman–Crippen MR) is 95.5 cm³/mol. The fourth-order valence-corrected chi connectivity index (χ4v) is 2.64. The molecule has 1 aliphatic heterocycles. The monoisotopic (exact) mass is 394 g/mol. The van der Waals surface area contributed by atoms with E-state index in [1.54, 1.807) is 24.3 Å². The van der Waals surface area contributed by atoms with Crippen LogP contribution in [0.5, 0.6) is 11.5 Å². The molecule has 0 atom stereocenters. The smallest absolute Gasteiger partial charge is 0.422 e. The third-order valence-corrected chi connectivity index (χ3v) is 3.91. The van der Waals surface area contributed by atoms with Crippen molar-refractivity contribution in [3.8, 4) is 11.5 Å². The number of para-hydroxylation sites is 2. The van der Waals surface area contributed by atoms with Crippen LogP contribution in [0.4, 0.5) is 24.5 Å². The summed E-state index contributed by atoms with van der Waals surface area (Å²) in [6.07, 6.45) is -4.37. The van der Waals surface area contributed by atoms with Gasteiger partial charge in [-0.05, 0) is 36.4 Å². The lowest BCUT2D eigenvalue weighted by atomic mass is 10.2. The number of anilines is 2. The fraction of sp³-hybridized carbons (Fsp3) is 0.263. The third kappa shape index (κ3) is 5.15. The minimum atomic E-state index is -4.41. The van der Waals surface area contributed by atoms with Crippen LogP contribution in [0.25, 0.3) is 0 Å². The van der Waals surface area contributed by atoms with E-state index in [9.17, 15) is 22.8 Å². The Labute approximate surface area is 158 Å². The van der Waals surface area contributed by atoms with Gasteiger partial charge in [0.05, 0.1) is 5.69 Å². The Bertz CT molecular complexity index is 853. The number of amides is 2. The molecule has 148 valence electrons. The zero-order valence-electron chi connectivity index (χ0n) is 14.7. The van der Waals surface area contributed by atoms with Gasteiger partial charge in [-0.1, -0.05) is 12.1 Å². The Kier molecular flexibility index (Phi) is 5.72. The minimum absolute atomic E-state index is 0.0471. The molecule has 0 spiro atoms. The Morgan fingerprint density at radius 3 is 2.57 bits per heavy atom. The van der Waals surface area contributed by atoms with Crippen molar-refractivity contribution >= 4 is 23.2 Å². The summed E-state index contributed by atoms with van der Waals surface area (Å²) < 4.78 is 46.4. The predicted octanol–water partition coefficient (Wildman–Crippen LogP) is 3.38. The number of carbonyl (C=O) groups excluding carboxylic acids is 2. The number of nitrogens with one attached hydrogen (secondary N) is 1. The SMILES string of the molecule is O=C(CCN1C(=O)COc2ccccc21)Nc1ccc(OCC(F)(F)F)cc1. The minimum Gasteiger partial charge on any atom is -0.484 e. The molecule has 2 aromatic rings. The van der Waals surface area contributed by atoms with Crippen LogP contribution in [0.15, 0.2) is 48.5 Å². The highest BCUT2D eigenvalue weighted by Gasteiger charge is 2.28. The van der Waals surface area contributed by atoms with Gasteiger partial charge in [-0.25, -0.2) is 0 Å². The molecule has 1 heterocycles. The molecule has 3 rings (SSSR count). The zero-order valence-corrected chi connectivity index (χ0v) is 14.7. The number of hydrogen-bond acceptors (Lipinski definition) is 4. The summed E-state index contributed by atoms with van der Waals surface area (Å²) in [5, 5.41) is 2.63. The average molecular weight is 394 g/mol. The van der Waals surface area contributed by atoms with Gasteiger partial charge in [-0.3, -0.25) is 9.59 Å². The van der Waals surface area contributed by atoms with Gasteiger partial charge in [-0.15, -0.1) is 0 Å². The fourth-order valence-electron chi connectivity index (χ4n) is 2.64. The maximum atomic E-state index is 12.2. The summed E-state index contributed by atoms with van der Waals surface area (Å²) in [6.45, 7) is -1.29. The molecule has 2 amide bonds. The molecular formula is C19H17F3N2O4. The number of halogens is 3. The van der Waals surface area contributed by atoms with Crippen molar-refractivity contribution in [1.82, 2.24) is 0 Å². The van der Waals surface area contributed by atoms with E-state index in [2.05, 4.69) is 10.1 Å². The van der Waals surface area contributed by atoms with Crippen molar-refractivity contribution in [2.24, 2.45) is 0 Å². The molecule has 1 aliphatic rings. The summed E-state index contributed by atoms with van der Waals surface area (Å²) in [7, 11) is 0. The number of benzene rings is 2. The van der Waals surface area contributed by atoms with E-state index in [0.29, 0.717) is 17.1 Å². The highest BCUT2D eigenvalue weighted by Crippen LogP contribution is 2.31. The van der Waals surface area contributed by atoms with Crippen LogP contribution in [-0.2, 0) is 9.59 Å². The van der Waals surface area contributed by atoms with Crippen LogP contribution in [0.3, 0.4) is 0 Å². The molecule has 6 nitrogen and oxygen atoms in total. The van der Waals surface area contributed by atoms with Crippen molar-refractivity contribution in [3.05, 3.63) is 48.5 Å². The van der Waals surface area contributed by atoms with Gasteiger partial charge >= 0.3 is 6.18 Å². The number of hydrogen-bond donors (Lipinski definition) is 1. The van der Waals surface area contributed by atoms with Crippen LogP contribution in [0.1, 0.15) is 6.42 Å². The lowest BCUT2D eigenvalue weighted by Gasteiger charge is -2.29. The van der Waals surface area contributed by atoms with E-state index >= 15 is 0 Å². The largest absolute Gasteiger partial charge is 0.484 e. The van der Waals surface area contributed by atoms with E-state index in [1.165, 1.54) is 29.2 Å². The van der Waals surface area contributed by atoms with Crippen LogP contribution < -0.4 is 19.7 Å². The lowest BCUT2D eigenvalue weighted by molar-refractivity contribution is -0.153. The first-order chi connectivity index (χ1) is 13.3. The molecule has 28 heavy (non-hydrogen) atoms. The average Bonchev–Trinajstić information content (AvgIpc) is 2.66. The van der Waals surface area contributed by atoms with Crippen molar-refractivity contribution < 1.29 is 32.2 Å². The van der Waals surface area contributed by atoms with E-state index in [4.69, 9.17) is 4.74 Å². The summed E-state index contributed by atoms with van der Waals surface area (Å²) in [5.74, 6) is 0.0567. The summed E-state index contributed by atoms with van der Waals surface area (Å²) in [5.41, 5.74) is 1.02. The molecule has 0 saturated heterocycles. The Morgan fingerprint density at radius 2 is 1.86 bits per heavy atom. The molecular weight excluding hydrogens is 377 g/mol. The van der Waals surface area contributed by atoms with Crippen LogP contribution >= 0.6 is 0 Å². The van der Waals surface area contributed by atoms with E-state index in [1.807, 2.05) is 0 Å². The Hall–Kier alpha value is -3.23. The van der Waals surface area contributed by atoms with Gasteiger partial charge in [-0.2, -0.15) is 13.2 Å². The first kappa shape index (κ1) is 19.5. The van der Waals surface area contributed by atoms with Gasteiger partial charge in [0, 0.05) is 18.7 Å². The standard InChI is InChI=1S/C19H17F3N2O4/c20-19(21,22)12-28-14-7-5-13(6-8-14)23-17(25)9-10-24-15-3-1-2-4-16(15)27-11-18(24)26/h1-8H,9-12H2,(H,23,25). The summed E-state index contributed by atoms with van der Waals surface area (Å²) in [6, 6.07) is 12.6. The van der Waals surface area contributed by atoms with Crippen LogP contribution in [0, 0.1) is 0 Å². The van der Waals surface area contributed by atoms with Gasteiger partial charge in [0.2, 0.25) is 5.91 Å². The molecule has 0 saturated carbocycles. The number of nitrogens with zero attached hydrogens (tertiary/aromatic N) is 1. The first-order valence-corrected chi connectivity index (χ1v) is 8.43. The normalized spacial score (nSPS) is 13.5. The molecule has 2 aromatic carbocycles. The highest BCUT2D eigenvalue weighted by molar-refractivity contribution is 5.99. The molecule has 0 aromatic heterocycles. The third-order valence-electron chi connectivity index (χ3n) is 3.91. The maximum Gasteiger partial charge on any atom is 0.422 e. The highest BCUT2D eigenvalue weighted by atomic mass is 19.4. The van der Waals surface area contributed by atoms with Gasteiger partial charge in [0.1, 0.15) is 11.5 Å². The number of fused-ring (bicyclic) bond motifs is 1. The van der Waals surface area contributed by atoms with Crippen LogP contribution in [0.2, 0.25) is 0 Å². The van der Waals surface area contributed by atoms with Crippen molar-refractivity contribution in [1.29, 1.82) is 0 Å². The number of rotatable bonds is 6. The van der Waals surface area contributed by atoms with Crippen molar-refractivity contribution in [3.63, 3.8) is 0 Å². The van der Waals surface area contributed by atoms with Gasteiger partial charge < -0.3 is 19.7 Å². The number of alkyl halides is 3. The van der Waals surface area contributed by atoms with Gasteiger partial charge in [0.25, 0.3) is 5.91 Å². The number of ether oxygens (including phenoxy) is 2. The molecule has 0 radical (unpaired) electrons. The quantitative estimate of drug-likeness (QED) is 0.816. The Balaban J connectivity index is 1.53. The second kappa shape index (κ2) is 8.20. The van der Waals surface area contributed by atoms with Crippen LogP contribution in [-0.4, -0.2) is 37.7 Å². The summed E-state index contributed by atoms with van der Waals surface area (Å²) in [4.78, 5) is 25.7. The second-order valence-electron chi connectivity index (χ2n) is 6.03. The molecule has 1 N–H and O–H groups in total. The van der Waals surface area contributed by atoms with E-state index in [-0.39, 0.29) is 37.1 Å². The molecule has 0 aliphatic carbocycles.